The average Bonchev–Trinajstić information content (AvgIpc) is 3.18. The van der Waals surface area contributed by atoms with Gasteiger partial charge in [-0.2, -0.15) is 4.31 Å². The quantitative estimate of drug-likeness (QED) is 0.722. The molecule has 2 aromatic carbocycles. The molecule has 3 aromatic rings. The van der Waals surface area contributed by atoms with Crippen molar-refractivity contribution in [2.24, 2.45) is 0 Å². The number of hydrogen-bond donors (Lipinski definition) is 1. The van der Waals surface area contributed by atoms with Gasteiger partial charge in [-0.15, -0.1) is 0 Å². The van der Waals surface area contributed by atoms with Gasteiger partial charge in [0.1, 0.15) is 13.2 Å². The van der Waals surface area contributed by atoms with Crippen LogP contribution in [0.5, 0.6) is 11.5 Å². The van der Waals surface area contributed by atoms with Crippen molar-refractivity contribution in [1.82, 2.24) is 14.3 Å². The summed E-state index contributed by atoms with van der Waals surface area (Å²) in [6.45, 7) is 2.84. The van der Waals surface area contributed by atoms with Gasteiger partial charge in [0.25, 0.3) is 0 Å². The summed E-state index contributed by atoms with van der Waals surface area (Å²) in [6, 6.07) is 12.6. The first-order valence-electron chi connectivity index (χ1n) is 9.21. The van der Waals surface area contributed by atoms with E-state index in [0.717, 1.165) is 17.0 Å². The van der Waals surface area contributed by atoms with E-state index >= 15 is 0 Å². The van der Waals surface area contributed by atoms with Crippen LogP contribution in [-0.4, -0.2) is 62.1 Å². The summed E-state index contributed by atoms with van der Waals surface area (Å²) in [5.74, 6) is 1.84. The van der Waals surface area contributed by atoms with Crippen molar-refractivity contribution in [3.8, 4) is 11.5 Å². The highest BCUT2D eigenvalue weighted by Gasteiger charge is 2.30. The van der Waals surface area contributed by atoms with E-state index in [9.17, 15) is 8.42 Å². The van der Waals surface area contributed by atoms with Crippen LogP contribution in [-0.2, 0) is 10.0 Å². The third-order valence-electron chi connectivity index (χ3n) is 5.07. The zero-order valence-electron chi connectivity index (χ0n) is 15.2. The molecule has 2 aliphatic rings. The summed E-state index contributed by atoms with van der Waals surface area (Å²) < 4.78 is 38.6. The number of rotatable bonds is 3. The van der Waals surface area contributed by atoms with Gasteiger partial charge < -0.3 is 19.4 Å². The minimum Gasteiger partial charge on any atom is -0.486 e. The maximum absolute atomic E-state index is 13.0. The number of nitrogens with zero attached hydrogens (tertiary/aromatic N) is 3. The van der Waals surface area contributed by atoms with Gasteiger partial charge in [0, 0.05) is 32.2 Å². The summed E-state index contributed by atoms with van der Waals surface area (Å²) in [5.41, 5.74) is 1.88. The van der Waals surface area contributed by atoms with Crippen LogP contribution in [0.15, 0.2) is 47.4 Å². The Morgan fingerprint density at radius 2 is 1.68 bits per heavy atom. The first-order chi connectivity index (χ1) is 13.6. The van der Waals surface area contributed by atoms with Crippen LogP contribution < -0.4 is 14.4 Å². The van der Waals surface area contributed by atoms with E-state index in [-0.39, 0.29) is 4.90 Å². The first-order valence-corrected chi connectivity index (χ1v) is 10.6. The summed E-state index contributed by atoms with van der Waals surface area (Å²) in [7, 11) is -3.59. The molecule has 0 spiro atoms. The minimum absolute atomic E-state index is 0.230. The van der Waals surface area contributed by atoms with Crippen LogP contribution in [0.3, 0.4) is 0 Å². The molecule has 1 aromatic heterocycles. The van der Waals surface area contributed by atoms with Gasteiger partial charge in [-0.25, -0.2) is 13.4 Å². The molecular formula is C19H20N4O4S. The van der Waals surface area contributed by atoms with Crippen molar-refractivity contribution in [3.05, 3.63) is 42.5 Å². The fourth-order valence-corrected chi connectivity index (χ4v) is 5.00. The summed E-state index contributed by atoms with van der Waals surface area (Å²) in [6.07, 6.45) is 0. The van der Waals surface area contributed by atoms with Crippen molar-refractivity contribution < 1.29 is 17.9 Å². The Labute approximate surface area is 162 Å². The molecule has 5 rings (SSSR count). The Kier molecular flexibility index (Phi) is 4.13. The molecule has 2 aliphatic heterocycles. The lowest BCUT2D eigenvalue weighted by molar-refractivity contribution is 0.171. The molecule has 0 amide bonds. The number of aromatic amines is 1. The molecule has 146 valence electrons. The highest BCUT2D eigenvalue weighted by atomic mass is 32.2. The Morgan fingerprint density at radius 1 is 0.929 bits per heavy atom. The number of aromatic nitrogens is 2. The topological polar surface area (TPSA) is 87.8 Å². The lowest BCUT2D eigenvalue weighted by Crippen LogP contribution is -2.49. The number of anilines is 1. The minimum atomic E-state index is -3.59. The van der Waals surface area contributed by atoms with Crippen LogP contribution >= 0.6 is 0 Å². The molecular weight excluding hydrogens is 380 g/mol. The monoisotopic (exact) mass is 400 g/mol. The number of benzene rings is 2. The van der Waals surface area contributed by atoms with Crippen molar-refractivity contribution in [3.63, 3.8) is 0 Å². The van der Waals surface area contributed by atoms with Crippen LogP contribution in [0.1, 0.15) is 0 Å². The second kappa shape index (κ2) is 6.68. The maximum Gasteiger partial charge on any atom is 0.243 e. The highest BCUT2D eigenvalue weighted by Crippen LogP contribution is 2.33. The fourth-order valence-electron chi connectivity index (χ4n) is 3.56. The lowest BCUT2D eigenvalue weighted by Gasteiger charge is -2.34. The third kappa shape index (κ3) is 2.96. The Morgan fingerprint density at radius 3 is 2.46 bits per heavy atom. The molecule has 1 saturated heterocycles. The van der Waals surface area contributed by atoms with Crippen LogP contribution in [0.2, 0.25) is 0 Å². The number of sulfonamides is 1. The molecule has 28 heavy (non-hydrogen) atoms. The Bertz CT molecular complexity index is 1090. The lowest BCUT2D eigenvalue weighted by atomic mass is 10.3. The van der Waals surface area contributed by atoms with Crippen LogP contribution in [0, 0.1) is 0 Å². The Balaban J connectivity index is 1.33. The van der Waals surface area contributed by atoms with Crippen molar-refractivity contribution in [1.29, 1.82) is 0 Å². The summed E-state index contributed by atoms with van der Waals surface area (Å²) in [4.78, 5) is 10.2. The van der Waals surface area contributed by atoms with Gasteiger partial charge in [0.15, 0.2) is 11.5 Å². The first kappa shape index (κ1) is 17.3. The molecule has 0 bridgehead atoms. The molecule has 8 nitrogen and oxygen atoms in total. The highest BCUT2D eigenvalue weighted by molar-refractivity contribution is 7.89. The molecule has 0 aliphatic carbocycles. The SMILES string of the molecule is O=S(=O)(c1ccc2c(c1)OCCO2)N1CCN(c2nc3ccccc3[nH]2)CC1. The second-order valence-corrected chi connectivity index (χ2v) is 8.71. The average molecular weight is 400 g/mol. The van der Waals surface area contributed by atoms with Gasteiger partial charge in [0.2, 0.25) is 16.0 Å². The number of ether oxygens (including phenoxy) is 2. The summed E-state index contributed by atoms with van der Waals surface area (Å²) >= 11 is 0. The van der Waals surface area contributed by atoms with Crippen molar-refractivity contribution in [2.75, 3.05) is 44.3 Å². The van der Waals surface area contributed by atoms with Gasteiger partial charge in [-0.3, -0.25) is 0 Å². The van der Waals surface area contributed by atoms with E-state index in [1.165, 1.54) is 4.31 Å². The van der Waals surface area contributed by atoms with E-state index in [2.05, 4.69) is 14.9 Å². The molecule has 0 radical (unpaired) electrons. The zero-order chi connectivity index (χ0) is 19.1. The number of piperazine rings is 1. The van der Waals surface area contributed by atoms with Gasteiger partial charge in [-0.05, 0) is 24.3 Å². The molecule has 0 atom stereocenters. The largest absolute Gasteiger partial charge is 0.486 e. The van der Waals surface area contributed by atoms with Crippen LogP contribution in [0.4, 0.5) is 5.95 Å². The molecule has 0 saturated carbocycles. The molecule has 3 heterocycles. The molecule has 9 heteroatoms. The normalized spacial score (nSPS) is 17.8. The molecule has 1 fully saturated rings. The smallest absolute Gasteiger partial charge is 0.243 e. The number of hydrogen-bond acceptors (Lipinski definition) is 6. The van der Waals surface area contributed by atoms with E-state index in [4.69, 9.17) is 9.47 Å². The predicted octanol–water partition coefficient (Wildman–Crippen LogP) is 1.84. The number of H-pyrrole nitrogens is 1. The Hall–Kier alpha value is -2.78. The maximum atomic E-state index is 13.0. The third-order valence-corrected chi connectivity index (χ3v) is 6.96. The van der Waals surface area contributed by atoms with E-state index in [0.29, 0.717) is 50.9 Å². The number of nitrogens with one attached hydrogen (secondary N) is 1. The number of para-hydroxylation sites is 2. The van der Waals surface area contributed by atoms with E-state index in [1.807, 2.05) is 24.3 Å². The van der Waals surface area contributed by atoms with Gasteiger partial charge in [-0.1, -0.05) is 12.1 Å². The number of imidazole rings is 1. The zero-order valence-corrected chi connectivity index (χ0v) is 16.0. The van der Waals surface area contributed by atoms with Gasteiger partial charge >= 0.3 is 0 Å². The molecule has 0 unspecified atom stereocenters. The fraction of sp³-hybridized carbons (Fsp3) is 0.316. The predicted molar refractivity (Wildman–Crippen MR) is 104 cm³/mol. The standard InChI is InChI=1S/C19H20N4O4S/c24-28(25,14-5-6-17-18(13-14)27-12-11-26-17)23-9-7-22(8-10-23)19-20-15-3-1-2-4-16(15)21-19/h1-6,13H,7-12H2,(H,20,21). The number of fused-ring (bicyclic) bond motifs is 2. The molecule has 1 N–H and O–H groups in total. The van der Waals surface area contributed by atoms with Crippen molar-refractivity contribution >= 4 is 27.0 Å². The van der Waals surface area contributed by atoms with E-state index < -0.39 is 10.0 Å². The van der Waals surface area contributed by atoms with E-state index in [1.54, 1.807) is 18.2 Å². The van der Waals surface area contributed by atoms with Gasteiger partial charge in [0.05, 0.1) is 15.9 Å². The second-order valence-electron chi connectivity index (χ2n) is 6.77. The van der Waals surface area contributed by atoms with Crippen LogP contribution in [0.25, 0.3) is 11.0 Å². The summed E-state index contributed by atoms with van der Waals surface area (Å²) in [5, 5.41) is 0. The van der Waals surface area contributed by atoms with Crippen molar-refractivity contribution in [2.45, 2.75) is 4.90 Å².